The van der Waals surface area contributed by atoms with E-state index < -0.39 is 7.60 Å². The lowest BCUT2D eigenvalue weighted by molar-refractivity contribution is 0.219. The van der Waals surface area contributed by atoms with Crippen molar-refractivity contribution in [3.8, 4) is 0 Å². The van der Waals surface area contributed by atoms with Gasteiger partial charge in [-0.3, -0.25) is 4.57 Å². The summed E-state index contributed by atoms with van der Waals surface area (Å²) in [5.41, 5.74) is 3.35. The van der Waals surface area contributed by atoms with Crippen molar-refractivity contribution in [1.82, 2.24) is 4.57 Å². The first-order valence-electron chi connectivity index (χ1n) is 8.64. The molecule has 0 aliphatic carbocycles. The van der Waals surface area contributed by atoms with Gasteiger partial charge in [0.25, 0.3) is 0 Å². The molecule has 1 heterocycles. The molecular formula is C20H24NO3P. The highest BCUT2D eigenvalue weighted by molar-refractivity contribution is 7.53. The molecular weight excluding hydrogens is 333 g/mol. The molecule has 0 unspecified atom stereocenters. The molecule has 0 radical (unpaired) electrons. The summed E-state index contributed by atoms with van der Waals surface area (Å²) in [6.45, 7) is 5.20. The first-order valence-corrected chi connectivity index (χ1v) is 10.4. The summed E-state index contributed by atoms with van der Waals surface area (Å²) in [6, 6.07) is 18.5. The lowest BCUT2D eigenvalue weighted by Gasteiger charge is -2.16. The Morgan fingerprint density at radius 1 is 0.920 bits per heavy atom. The molecule has 0 aliphatic rings. The number of rotatable bonds is 8. The van der Waals surface area contributed by atoms with Crippen molar-refractivity contribution in [2.24, 2.45) is 0 Å². The molecule has 5 heteroatoms. The van der Waals surface area contributed by atoms with Crippen molar-refractivity contribution < 1.29 is 13.6 Å². The normalized spacial score (nSPS) is 11.9. The van der Waals surface area contributed by atoms with Crippen LogP contribution in [0.15, 0.2) is 60.8 Å². The monoisotopic (exact) mass is 357 g/mol. The van der Waals surface area contributed by atoms with Gasteiger partial charge in [-0.05, 0) is 31.0 Å². The van der Waals surface area contributed by atoms with Crippen molar-refractivity contribution in [3.05, 3.63) is 71.9 Å². The van der Waals surface area contributed by atoms with Gasteiger partial charge in [0.15, 0.2) is 0 Å². The molecule has 0 amide bonds. The van der Waals surface area contributed by atoms with E-state index in [9.17, 15) is 4.57 Å². The van der Waals surface area contributed by atoms with Crippen LogP contribution in [0.4, 0.5) is 0 Å². The third-order valence-corrected chi connectivity index (χ3v) is 6.11. The summed E-state index contributed by atoms with van der Waals surface area (Å²) in [7, 11) is -3.13. The lowest BCUT2D eigenvalue weighted by Crippen LogP contribution is -1.99. The number of para-hydroxylation sites is 1. The van der Waals surface area contributed by atoms with Crippen LogP contribution in [-0.4, -0.2) is 17.8 Å². The fourth-order valence-corrected chi connectivity index (χ4v) is 4.80. The lowest BCUT2D eigenvalue weighted by atomic mass is 10.2. The van der Waals surface area contributed by atoms with Crippen LogP contribution in [0.2, 0.25) is 0 Å². The Balaban J connectivity index is 1.97. The molecule has 0 aliphatic heterocycles. The van der Waals surface area contributed by atoms with Gasteiger partial charge in [0.1, 0.15) is 0 Å². The minimum atomic E-state index is -3.13. The highest BCUT2D eigenvalue weighted by atomic mass is 31.2. The van der Waals surface area contributed by atoms with Crippen LogP contribution >= 0.6 is 7.60 Å². The van der Waals surface area contributed by atoms with Gasteiger partial charge < -0.3 is 13.6 Å². The minimum Gasteiger partial charge on any atom is -0.343 e. The van der Waals surface area contributed by atoms with Gasteiger partial charge in [-0.1, -0.05) is 48.5 Å². The summed E-state index contributed by atoms with van der Waals surface area (Å²) in [6.07, 6.45) is 2.36. The summed E-state index contributed by atoms with van der Waals surface area (Å²) in [5.74, 6) is 0. The van der Waals surface area contributed by atoms with Crippen molar-refractivity contribution in [1.29, 1.82) is 0 Å². The van der Waals surface area contributed by atoms with Crippen molar-refractivity contribution in [3.63, 3.8) is 0 Å². The summed E-state index contributed by atoms with van der Waals surface area (Å²) >= 11 is 0. The van der Waals surface area contributed by atoms with Crippen molar-refractivity contribution in [2.75, 3.05) is 13.2 Å². The molecule has 4 nitrogen and oxygen atoms in total. The van der Waals surface area contributed by atoms with Gasteiger partial charge in [-0.15, -0.1) is 0 Å². The highest BCUT2D eigenvalue weighted by Gasteiger charge is 2.26. The van der Waals surface area contributed by atoms with Crippen LogP contribution in [0.3, 0.4) is 0 Å². The molecule has 3 aromatic rings. The predicted molar refractivity (Wildman–Crippen MR) is 102 cm³/mol. The van der Waals surface area contributed by atoms with E-state index in [2.05, 4.69) is 35.0 Å². The average Bonchev–Trinajstić information content (AvgIpc) is 2.94. The molecule has 3 rings (SSSR count). The third-order valence-electron chi connectivity index (χ3n) is 4.08. The van der Waals surface area contributed by atoms with E-state index in [4.69, 9.17) is 9.05 Å². The Morgan fingerprint density at radius 2 is 1.56 bits per heavy atom. The largest absolute Gasteiger partial charge is 0.343 e. The van der Waals surface area contributed by atoms with E-state index in [0.29, 0.717) is 13.2 Å². The SMILES string of the molecule is CCOP(=O)(Cc1cn(Cc2ccccc2)c2ccccc12)OCC. The van der Waals surface area contributed by atoms with E-state index in [1.165, 1.54) is 5.56 Å². The Hall–Kier alpha value is -1.87. The van der Waals surface area contributed by atoms with E-state index in [1.807, 2.05) is 44.2 Å². The van der Waals surface area contributed by atoms with Crippen LogP contribution in [0.25, 0.3) is 10.9 Å². The third kappa shape index (κ3) is 4.21. The molecule has 0 bridgehead atoms. The topological polar surface area (TPSA) is 40.5 Å². The van der Waals surface area contributed by atoms with Crippen LogP contribution in [-0.2, 0) is 26.3 Å². The predicted octanol–water partition coefficient (Wildman–Crippen LogP) is 5.46. The second-order valence-electron chi connectivity index (χ2n) is 5.89. The summed E-state index contributed by atoms with van der Waals surface area (Å²) < 4.78 is 26.1. The Labute approximate surface area is 148 Å². The Bertz CT molecular complexity index is 863. The van der Waals surface area contributed by atoms with Crippen LogP contribution in [0.1, 0.15) is 25.0 Å². The number of fused-ring (bicyclic) bond motifs is 1. The molecule has 0 saturated heterocycles. The maximum Gasteiger partial charge on any atom is 0.335 e. The van der Waals surface area contributed by atoms with Gasteiger partial charge in [0, 0.05) is 23.6 Å². The molecule has 1 aromatic heterocycles. The van der Waals surface area contributed by atoms with E-state index in [-0.39, 0.29) is 6.16 Å². The fraction of sp³-hybridized carbons (Fsp3) is 0.300. The zero-order valence-electron chi connectivity index (χ0n) is 14.7. The smallest absolute Gasteiger partial charge is 0.335 e. The van der Waals surface area contributed by atoms with Crippen molar-refractivity contribution >= 4 is 18.5 Å². The van der Waals surface area contributed by atoms with E-state index >= 15 is 0 Å². The first kappa shape index (κ1) is 17.9. The second kappa shape index (κ2) is 8.01. The number of hydrogen-bond donors (Lipinski definition) is 0. The molecule has 0 spiro atoms. The number of nitrogens with zero attached hydrogens (tertiary/aromatic N) is 1. The van der Waals surface area contributed by atoms with E-state index in [0.717, 1.165) is 23.0 Å². The minimum absolute atomic E-state index is 0.289. The quantitative estimate of drug-likeness (QED) is 0.503. The molecule has 25 heavy (non-hydrogen) atoms. The number of aromatic nitrogens is 1. The number of benzene rings is 2. The Kier molecular flexibility index (Phi) is 5.74. The maximum atomic E-state index is 12.9. The highest BCUT2D eigenvalue weighted by Crippen LogP contribution is 2.52. The Morgan fingerprint density at radius 3 is 2.24 bits per heavy atom. The zero-order valence-corrected chi connectivity index (χ0v) is 15.6. The summed E-state index contributed by atoms with van der Waals surface area (Å²) in [4.78, 5) is 0. The maximum absolute atomic E-state index is 12.9. The standard InChI is InChI=1S/C20H24NO3P/c1-3-23-25(22,24-4-2)16-18-15-21(14-17-10-6-5-7-11-17)20-13-9-8-12-19(18)20/h5-13,15H,3-4,14,16H2,1-2H3. The van der Waals surface area contributed by atoms with Gasteiger partial charge >= 0.3 is 7.60 Å². The number of hydrogen-bond acceptors (Lipinski definition) is 3. The van der Waals surface area contributed by atoms with Crippen molar-refractivity contribution in [2.45, 2.75) is 26.6 Å². The first-order chi connectivity index (χ1) is 12.1. The molecule has 0 N–H and O–H groups in total. The van der Waals surface area contributed by atoms with Crippen LogP contribution in [0, 0.1) is 0 Å². The molecule has 0 atom stereocenters. The van der Waals surface area contributed by atoms with Crippen LogP contribution < -0.4 is 0 Å². The zero-order chi connectivity index (χ0) is 17.7. The molecule has 0 saturated carbocycles. The molecule has 2 aromatic carbocycles. The van der Waals surface area contributed by atoms with Gasteiger partial charge in [0.2, 0.25) is 0 Å². The fourth-order valence-electron chi connectivity index (χ4n) is 3.09. The van der Waals surface area contributed by atoms with Gasteiger partial charge in [0.05, 0.1) is 19.4 Å². The van der Waals surface area contributed by atoms with E-state index in [1.54, 1.807) is 0 Å². The average molecular weight is 357 g/mol. The molecule has 0 fully saturated rings. The van der Waals surface area contributed by atoms with Gasteiger partial charge in [-0.25, -0.2) is 0 Å². The van der Waals surface area contributed by atoms with Crippen LogP contribution in [0.5, 0.6) is 0 Å². The van der Waals surface area contributed by atoms with Gasteiger partial charge in [-0.2, -0.15) is 0 Å². The second-order valence-corrected chi connectivity index (χ2v) is 7.94. The molecule has 132 valence electrons. The summed E-state index contributed by atoms with van der Waals surface area (Å²) in [5, 5.41) is 1.10.